The second-order valence-corrected chi connectivity index (χ2v) is 12.9. The van der Waals surface area contributed by atoms with E-state index in [4.69, 9.17) is 8.92 Å². The summed E-state index contributed by atoms with van der Waals surface area (Å²) in [6.07, 6.45) is 1.75. The van der Waals surface area contributed by atoms with E-state index in [9.17, 15) is 22.8 Å². The summed E-state index contributed by atoms with van der Waals surface area (Å²) in [5.41, 5.74) is 1.79. The van der Waals surface area contributed by atoms with Gasteiger partial charge in [0, 0.05) is 12.4 Å². The van der Waals surface area contributed by atoms with Crippen LogP contribution in [0.25, 0.3) is 0 Å². The summed E-state index contributed by atoms with van der Waals surface area (Å²) in [6, 6.07) is 29.0. The van der Waals surface area contributed by atoms with Gasteiger partial charge in [0.2, 0.25) is 5.91 Å². The summed E-state index contributed by atoms with van der Waals surface area (Å²) in [7, 11) is -4.41. The quantitative estimate of drug-likeness (QED) is 0.155. The van der Waals surface area contributed by atoms with Crippen molar-refractivity contribution >= 4 is 39.7 Å². The zero-order chi connectivity index (χ0) is 31.4. The Balaban J connectivity index is 1.32. The highest BCUT2D eigenvalue weighted by Gasteiger charge is 2.55. The van der Waals surface area contributed by atoms with E-state index in [0.717, 1.165) is 16.7 Å². The maximum Gasteiger partial charge on any atom is 0.359 e. The van der Waals surface area contributed by atoms with Crippen molar-refractivity contribution in [1.82, 2.24) is 15.2 Å². The largest absolute Gasteiger partial charge is 0.448 e. The van der Waals surface area contributed by atoms with Gasteiger partial charge >= 0.3 is 16.1 Å². The van der Waals surface area contributed by atoms with Crippen LogP contribution in [0.15, 0.2) is 132 Å². The van der Waals surface area contributed by atoms with Crippen LogP contribution in [-0.4, -0.2) is 53.3 Å². The van der Waals surface area contributed by atoms with E-state index in [2.05, 4.69) is 10.3 Å². The lowest BCUT2D eigenvalue weighted by molar-refractivity contribution is -0.155. The molecule has 4 aromatic rings. The minimum atomic E-state index is -4.41. The number of benzene rings is 3. The summed E-state index contributed by atoms with van der Waals surface area (Å²) in [5.74, 6) is -2.23. The van der Waals surface area contributed by atoms with Gasteiger partial charge in [-0.25, -0.2) is 4.79 Å². The van der Waals surface area contributed by atoms with E-state index in [1.165, 1.54) is 30.1 Å². The van der Waals surface area contributed by atoms with Crippen LogP contribution < -0.4 is 5.32 Å². The van der Waals surface area contributed by atoms with Crippen LogP contribution in [0, 0.1) is 0 Å². The zero-order valence-electron chi connectivity index (χ0n) is 23.7. The highest BCUT2D eigenvalue weighted by Crippen LogP contribution is 2.42. The summed E-state index contributed by atoms with van der Waals surface area (Å²) >= 11 is 1.17. The van der Waals surface area contributed by atoms with Gasteiger partial charge in [-0.3, -0.25) is 19.5 Å². The Bertz CT molecular complexity index is 1800. The van der Waals surface area contributed by atoms with Gasteiger partial charge in [-0.05, 0) is 28.8 Å². The maximum atomic E-state index is 14.0. The first-order valence-corrected chi connectivity index (χ1v) is 16.4. The van der Waals surface area contributed by atoms with E-state index >= 15 is 0 Å². The Kier molecular flexibility index (Phi) is 8.67. The SMILES string of the molecule is O=C(Cc1ccccc1)NC1C(=O)N2C(C(=O)OC(c3ccccc3)c3ccccc3)=C(OS(=O)(=O)c3cccnc3)CS[C@@H]12. The van der Waals surface area contributed by atoms with Gasteiger partial charge in [-0.1, -0.05) is 91.0 Å². The molecule has 6 rings (SSSR count). The fraction of sp³-hybridized carbons (Fsp3) is 0.152. The van der Waals surface area contributed by atoms with Crippen LogP contribution in [0.3, 0.4) is 0 Å². The van der Waals surface area contributed by atoms with Crippen molar-refractivity contribution in [2.45, 2.75) is 28.8 Å². The Morgan fingerprint density at radius 3 is 2.13 bits per heavy atom. The molecule has 1 unspecified atom stereocenters. The van der Waals surface area contributed by atoms with Gasteiger partial charge in [0.15, 0.2) is 17.6 Å². The molecule has 2 atom stereocenters. The number of amides is 2. The van der Waals surface area contributed by atoms with Crippen LogP contribution >= 0.6 is 11.8 Å². The molecule has 2 amide bonds. The van der Waals surface area contributed by atoms with Crippen LogP contribution in [0.2, 0.25) is 0 Å². The third-order valence-corrected chi connectivity index (χ3v) is 9.71. The number of rotatable bonds is 10. The van der Waals surface area contributed by atoms with Crippen molar-refractivity contribution in [2.24, 2.45) is 0 Å². The van der Waals surface area contributed by atoms with Gasteiger partial charge in [0.25, 0.3) is 5.91 Å². The van der Waals surface area contributed by atoms with E-state index in [1.54, 1.807) is 24.3 Å². The predicted molar refractivity (Wildman–Crippen MR) is 166 cm³/mol. The lowest BCUT2D eigenvalue weighted by Crippen LogP contribution is -2.70. The third kappa shape index (κ3) is 6.47. The average molecular weight is 642 g/mol. The van der Waals surface area contributed by atoms with Gasteiger partial charge in [-0.2, -0.15) is 8.42 Å². The number of nitrogens with zero attached hydrogens (tertiary/aromatic N) is 2. The maximum absolute atomic E-state index is 14.0. The van der Waals surface area contributed by atoms with E-state index in [1.807, 2.05) is 66.7 Å². The van der Waals surface area contributed by atoms with Crippen molar-refractivity contribution in [3.8, 4) is 0 Å². The molecule has 2 aliphatic rings. The number of esters is 1. The Hall–Kier alpha value is -4.94. The second-order valence-electron chi connectivity index (χ2n) is 10.2. The van der Waals surface area contributed by atoms with E-state index in [0.29, 0.717) is 11.1 Å². The summed E-state index contributed by atoms with van der Waals surface area (Å²) in [5, 5.41) is 2.08. The summed E-state index contributed by atoms with van der Waals surface area (Å²) in [4.78, 5) is 45.2. The lowest BCUT2D eigenvalue weighted by Gasteiger charge is -2.49. The molecule has 12 heteroatoms. The molecule has 2 aliphatic heterocycles. The van der Waals surface area contributed by atoms with Crippen molar-refractivity contribution in [1.29, 1.82) is 0 Å². The van der Waals surface area contributed by atoms with Crippen LogP contribution in [-0.2, 0) is 39.8 Å². The number of fused-ring (bicyclic) bond motifs is 1. The molecular weight excluding hydrogens is 615 g/mol. The van der Waals surface area contributed by atoms with Crippen molar-refractivity contribution < 1.29 is 31.7 Å². The summed E-state index contributed by atoms with van der Waals surface area (Å²) in [6.45, 7) is 0. The second kappa shape index (κ2) is 13.0. The molecular formula is C33H27N3O7S2. The lowest BCUT2D eigenvalue weighted by atomic mass is 10.0. The molecule has 45 heavy (non-hydrogen) atoms. The standard InChI is InChI=1S/C33H27N3O7S2/c37-27(19-22-11-4-1-5-12-22)35-28-31(38)36-29(26(21-44-32(28)36)43-45(40,41)25-17-10-18-34-20-25)33(39)42-30(23-13-6-2-7-14-23)24-15-8-3-9-16-24/h1-18,20,28,30,32H,19,21H2,(H,35,37)/t28?,32-/m0/s1. The average Bonchev–Trinajstić information content (AvgIpc) is 3.07. The molecule has 0 radical (unpaired) electrons. The molecule has 3 heterocycles. The first-order chi connectivity index (χ1) is 21.8. The highest BCUT2D eigenvalue weighted by atomic mass is 32.2. The number of thioether (sulfide) groups is 1. The minimum Gasteiger partial charge on any atom is -0.448 e. The van der Waals surface area contributed by atoms with E-state index in [-0.39, 0.29) is 34.4 Å². The van der Waals surface area contributed by atoms with Crippen molar-refractivity contribution in [2.75, 3.05) is 5.75 Å². The van der Waals surface area contributed by atoms with Gasteiger partial charge in [-0.15, -0.1) is 11.8 Å². The van der Waals surface area contributed by atoms with Gasteiger partial charge in [0.05, 0.1) is 12.2 Å². The molecule has 228 valence electrons. The number of nitrogens with one attached hydrogen (secondary N) is 1. The Labute approximate surface area is 264 Å². The molecule has 3 aromatic carbocycles. The summed E-state index contributed by atoms with van der Waals surface area (Å²) < 4.78 is 37.9. The van der Waals surface area contributed by atoms with Crippen molar-refractivity contribution in [3.05, 3.63) is 144 Å². The number of ether oxygens (including phenoxy) is 1. The Morgan fingerprint density at radius 1 is 0.911 bits per heavy atom. The highest BCUT2D eigenvalue weighted by molar-refractivity contribution is 8.00. The molecule has 0 saturated carbocycles. The molecule has 0 bridgehead atoms. The number of pyridine rings is 1. The number of hydrogen-bond donors (Lipinski definition) is 1. The number of hydrogen-bond acceptors (Lipinski definition) is 9. The number of β-lactam (4-membered cyclic amide) rings is 1. The molecule has 1 fully saturated rings. The molecule has 10 nitrogen and oxygen atoms in total. The smallest absolute Gasteiger partial charge is 0.359 e. The van der Waals surface area contributed by atoms with Gasteiger partial charge in [0.1, 0.15) is 16.3 Å². The zero-order valence-corrected chi connectivity index (χ0v) is 25.3. The van der Waals surface area contributed by atoms with Crippen molar-refractivity contribution in [3.63, 3.8) is 0 Å². The topological polar surface area (TPSA) is 132 Å². The fourth-order valence-corrected chi connectivity index (χ4v) is 7.33. The number of aromatic nitrogens is 1. The normalized spacial score (nSPS) is 17.7. The molecule has 1 N–H and O–H groups in total. The van der Waals surface area contributed by atoms with Gasteiger partial charge < -0.3 is 14.2 Å². The molecule has 1 saturated heterocycles. The number of carbonyl (C=O) groups is 3. The predicted octanol–water partition coefficient (Wildman–Crippen LogP) is 3.97. The van der Waals surface area contributed by atoms with Crippen LogP contribution in [0.5, 0.6) is 0 Å². The Morgan fingerprint density at radius 2 is 1.53 bits per heavy atom. The molecule has 0 spiro atoms. The van der Waals surface area contributed by atoms with E-state index < -0.39 is 39.5 Å². The monoisotopic (exact) mass is 641 g/mol. The van der Waals surface area contributed by atoms with Crippen LogP contribution in [0.1, 0.15) is 22.8 Å². The molecule has 0 aliphatic carbocycles. The third-order valence-electron chi connectivity index (χ3n) is 7.21. The first-order valence-electron chi connectivity index (χ1n) is 14.0. The first kappa shape index (κ1) is 30.1. The minimum absolute atomic E-state index is 0.0697. The molecule has 1 aromatic heterocycles. The fourth-order valence-electron chi connectivity index (χ4n) is 5.07. The number of carbonyl (C=O) groups excluding carboxylic acids is 3. The van der Waals surface area contributed by atoms with Crippen LogP contribution in [0.4, 0.5) is 0 Å².